The van der Waals surface area contributed by atoms with Gasteiger partial charge < -0.3 is 0 Å². The Morgan fingerprint density at radius 2 is 1.50 bits per heavy atom. The molecule has 1 aliphatic rings. The molecule has 0 saturated carbocycles. The Morgan fingerprint density at radius 3 is 2.17 bits per heavy atom. The van der Waals surface area contributed by atoms with Crippen molar-refractivity contribution in [3.8, 4) is 0 Å². The van der Waals surface area contributed by atoms with Crippen LogP contribution >= 0.6 is 0 Å². The largest absolute Gasteiger partial charge is 0.204 e. The Morgan fingerprint density at radius 1 is 0.833 bits per heavy atom. The number of halogens is 4. The fourth-order valence-electron chi connectivity index (χ4n) is 1.98. The molecule has 0 atom stereocenters. The summed E-state index contributed by atoms with van der Waals surface area (Å²) in [5.74, 6) is -4.18. The van der Waals surface area contributed by atoms with Crippen LogP contribution in [0.15, 0.2) is 29.4 Å². The highest BCUT2D eigenvalue weighted by atomic mass is 19.2. The van der Waals surface area contributed by atoms with Gasteiger partial charge in [-0.3, -0.25) is 0 Å². The lowest BCUT2D eigenvalue weighted by Gasteiger charge is -2.17. The summed E-state index contributed by atoms with van der Waals surface area (Å²) in [5, 5.41) is 0. The Balaban J connectivity index is 2.61. The Kier molecular flexibility index (Phi) is 3.28. The van der Waals surface area contributed by atoms with Crippen molar-refractivity contribution in [2.45, 2.75) is 26.7 Å². The molecule has 0 radical (unpaired) electrons. The standard InChI is InChI=1S/C14H12F4/c1-7-3-5-9(13(17)11(7)15)10-6-4-8(2)12(16)14(10)18/h3,5H,4,6H2,1-2H3. The van der Waals surface area contributed by atoms with E-state index in [2.05, 4.69) is 0 Å². The molecule has 0 fully saturated rings. The van der Waals surface area contributed by atoms with E-state index >= 15 is 0 Å². The van der Waals surface area contributed by atoms with E-state index in [0.717, 1.165) is 0 Å². The second kappa shape index (κ2) is 4.59. The average molecular weight is 256 g/mol. The van der Waals surface area contributed by atoms with Crippen LogP contribution in [0.3, 0.4) is 0 Å². The van der Waals surface area contributed by atoms with E-state index in [-0.39, 0.29) is 23.1 Å². The van der Waals surface area contributed by atoms with Crippen LogP contribution in [0.1, 0.15) is 30.9 Å². The quantitative estimate of drug-likeness (QED) is 0.621. The Labute approximate surface area is 103 Å². The number of hydrogen-bond acceptors (Lipinski definition) is 0. The van der Waals surface area contributed by atoms with Crippen LogP contribution in [-0.2, 0) is 0 Å². The van der Waals surface area contributed by atoms with Crippen LogP contribution in [0.2, 0.25) is 0 Å². The van der Waals surface area contributed by atoms with Crippen LogP contribution in [0, 0.1) is 18.6 Å². The highest BCUT2D eigenvalue weighted by molar-refractivity contribution is 5.72. The molecule has 0 unspecified atom stereocenters. The van der Waals surface area contributed by atoms with Gasteiger partial charge in [0.05, 0.1) is 0 Å². The van der Waals surface area contributed by atoms with Crippen molar-refractivity contribution < 1.29 is 17.6 Å². The molecule has 0 bridgehead atoms. The van der Waals surface area contributed by atoms with Crippen molar-refractivity contribution in [3.05, 3.63) is 52.1 Å². The van der Waals surface area contributed by atoms with Gasteiger partial charge in [-0.15, -0.1) is 0 Å². The lowest BCUT2D eigenvalue weighted by molar-refractivity contribution is 0.496. The topological polar surface area (TPSA) is 0 Å². The van der Waals surface area contributed by atoms with Gasteiger partial charge >= 0.3 is 0 Å². The normalized spacial score (nSPS) is 16.6. The minimum absolute atomic E-state index is 0.102. The minimum Gasteiger partial charge on any atom is -0.204 e. The molecule has 4 heteroatoms. The molecule has 96 valence electrons. The van der Waals surface area contributed by atoms with Crippen molar-refractivity contribution in [3.63, 3.8) is 0 Å². The first kappa shape index (κ1) is 12.9. The minimum atomic E-state index is -1.12. The van der Waals surface area contributed by atoms with E-state index in [1.54, 1.807) is 0 Å². The molecule has 18 heavy (non-hydrogen) atoms. The molecule has 2 rings (SSSR count). The van der Waals surface area contributed by atoms with Crippen molar-refractivity contribution >= 4 is 5.57 Å². The summed E-state index contributed by atoms with van der Waals surface area (Å²) >= 11 is 0. The third-order valence-electron chi connectivity index (χ3n) is 3.18. The van der Waals surface area contributed by atoms with Crippen molar-refractivity contribution in [1.29, 1.82) is 0 Å². The second-order valence-electron chi connectivity index (χ2n) is 4.44. The van der Waals surface area contributed by atoms with E-state index in [1.165, 1.54) is 26.0 Å². The molecule has 0 N–H and O–H groups in total. The Bertz CT molecular complexity index is 567. The first-order chi connectivity index (χ1) is 8.43. The summed E-state index contributed by atoms with van der Waals surface area (Å²) in [5.41, 5.74) is 0.136. The lowest BCUT2D eigenvalue weighted by Crippen LogP contribution is -2.03. The van der Waals surface area contributed by atoms with Crippen LogP contribution in [-0.4, -0.2) is 0 Å². The second-order valence-corrected chi connectivity index (χ2v) is 4.44. The third-order valence-corrected chi connectivity index (χ3v) is 3.18. The monoisotopic (exact) mass is 256 g/mol. The van der Waals surface area contributed by atoms with Crippen molar-refractivity contribution in [2.75, 3.05) is 0 Å². The van der Waals surface area contributed by atoms with Crippen molar-refractivity contribution in [2.24, 2.45) is 0 Å². The molecule has 0 aliphatic heterocycles. The molecule has 0 heterocycles. The van der Waals surface area contributed by atoms with Crippen molar-refractivity contribution in [1.82, 2.24) is 0 Å². The Hall–Kier alpha value is -1.58. The SMILES string of the molecule is CC1=C(F)C(F)=C(c2ccc(C)c(F)c2F)CC1. The van der Waals surface area contributed by atoms with Crippen LogP contribution in [0.4, 0.5) is 17.6 Å². The van der Waals surface area contributed by atoms with Gasteiger partial charge in [0.1, 0.15) is 0 Å². The van der Waals surface area contributed by atoms with E-state index in [1.807, 2.05) is 0 Å². The molecule has 1 aromatic rings. The molecule has 0 saturated heterocycles. The summed E-state index contributed by atoms with van der Waals surface area (Å²) in [6.07, 6.45) is 0.480. The number of aryl methyl sites for hydroxylation is 1. The van der Waals surface area contributed by atoms with E-state index in [0.29, 0.717) is 12.0 Å². The van der Waals surface area contributed by atoms with Gasteiger partial charge in [0, 0.05) is 11.1 Å². The first-order valence-corrected chi connectivity index (χ1v) is 5.62. The number of allylic oxidation sites excluding steroid dienone is 4. The zero-order valence-corrected chi connectivity index (χ0v) is 10.1. The average Bonchev–Trinajstić information content (AvgIpc) is 2.35. The fraction of sp³-hybridized carbons (Fsp3) is 0.286. The lowest BCUT2D eigenvalue weighted by atomic mass is 9.91. The van der Waals surface area contributed by atoms with Gasteiger partial charge in [-0.25, -0.2) is 17.6 Å². The van der Waals surface area contributed by atoms with Gasteiger partial charge in [-0.05, 0) is 37.8 Å². The highest BCUT2D eigenvalue weighted by Gasteiger charge is 2.24. The molecule has 0 spiro atoms. The number of hydrogen-bond donors (Lipinski definition) is 0. The van der Waals surface area contributed by atoms with E-state index in [4.69, 9.17) is 0 Å². The zero-order chi connectivity index (χ0) is 13.4. The zero-order valence-electron chi connectivity index (χ0n) is 10.1. The van der Waals surface area contributed by atoms with Gasteiger partial charge in [0.25, 0.3) is 0 Å². The highest BCUT2D eigenvalue weighted by Crippen LogP contribution is 2.38. The fourth-order valence-corrected chi connectivity index (χ4v) is 1.98. The smallest absolute Gasteiger partial charge is 0.166 e. The van der Waals surface area contributed by atoms with E-state index < -0.39 is 23.3 Å². The summed E-state index contributed by atoms with van der Waals surface area (Å²) in [7, 11) is 0. The predicted molar refractivity (Wildman–Crippen MR) is 62.2 cm³/mol. The summed E-state index contributed by atoms with van der Waals surface area (Å²) in [6, 6.07) is 2.65. The molecule has 0 nitrogen and oxygen atoms in total. The first-order valence-electron chi connectivity index (χ1n) is 5.62. The molecule has 1 aromatic carbocycles. The summed E-state index contributed by atoms with van der Waals surface area (Å²) in [4.78, 5) is 0. The molecule has 0 aromatic heterocycles. The maximum Gasteiger partial charge on any atom is 0.166 e. The van der Waals surface area contributed by atoms with Gasteiger partial charge in [0.2, 0.25) is 0 Å². The number of benzene rings is 1. The third kappa shape index (κ3) is 1.96. The van der Waals surface area contributed by atoms with Gasteiger partial charge in [0.15, 0.2) is 23.3 Å². The predicted octanol–water partition coefficient (Wildman–Crippen LogP) is 4.99. The maximum atomic E-state index is 13.7. The van der Waals surface area contributed by atoms with Gasteiger partial charge in [-0.2, -0.15) is 0 Å². The molecule has 0 amide bonds. The van der Waals surface area contributed by atoms with E-state index in [9.17, 15) is 17.6 Å². The molecule has 1 aliphatic carbocycles. The molecular formula is C14H12F4. The van der Waals surface area contributed by atoms with Crippen LogP contribution in [0.25, 0.3) is 5.57 Å². The van der Waals surface area contributed by atoms with Crippen LogP contribution in [0.5, 0.6) is 0 Å². The van der Waals surface area contributed by atoms with Crippen LogP contribution < -0.4 is 0 Å². The number of rotatable bonds is 1. The van der Waals surface area contributed by atoms with Gasteiger partial charge in [-0.1, -0.05) is 12.1 Å². The molecular weight excluding hydrogens is 244 g/mol. The summed E-state index contributed by atoms with van der Waals surface area (Å²) < 4.78 is 54.3. The maximum absolute atomic E-state index is 13.7. The summed E-state index contributed by atoms with van der Waals surface area (Å²) in [6.45, 7) is 2.90.